The first-order valence-electron chi connectivity index (χ1n) is 6.63. The second-order valence-electron chi connectivity index (χ2n) is 5.45. The van der Waals surface area contributed by atoms with E-state index < -0.39 is 10.0 Å². The van der Waals surface area contributed by atoms with Crippen LogP contribution in [0.2, 0.25) is 0 Å². The third-order valence-electron chi connectivity index (χ3n) is 4.07. The number of carbonyl (C=O) groups is 1. The van der Waals surface area contributed by atoms with Gasteiger partial charge in [0.2, 0.25) is 15.9 Å². The van der Waals surface area contributed by atoms with Gasteiger partial charge in [-0.2, -0.15) is 0 Å². The minimum atomic E-state index is -3.75. The smallest absolute Gasteiger partial charge is 0.238 e. The highest BCUT2D eigenvalue weighted by molar-refractivity contribution is 7.89. The van der Waals surface area contributed by atoms with Crippen LogP contribution in [0.4, 0.5) is 5.69 Å². The number of rotatable bonds is 3. The molecule has 4 N–H and O–H groups in total. The number of nitrogens with one attached hydrogen (secondary N) is 2. The van der Waals surface area contributed by atoms with Gasteiger partial charge < -0.3 is 10.6 Å². The Morgan fingerprint density at radius 3 is 2.75 bits per heavy atom. The van der Waals surface area contributed by atoms with Gasteiger partial charge in [0.1, 0.15) is 0 Å². The van der Waals surface area contributed by atoms with Crippen LogP contribution in [-0.2, 0) is 14.8 Å². The molecule has 108 valence electrons. The van der Waals surface area contributed by atoms with E-state index in [1.165, 1.54) is 12.1 Å². The molecule has 1 aromatic carbocycles. The molecule has 2 bridgehead atoms. The Kier molecular flexibility index (Phi) is 3.27. The monoisotopic (exact) mass is 295 g/mol. The molecule has 2 saturated heterocycles. The molecule has 2 fully saturated rings. The summed E-state index contributed by atoms with van der Waals surface area (Å²) in [6, 6.07) is 6.72. The number of nitrogens with two attached hydrogens (primary N) is 1. The predicted molar refractivity (Wildman–Crippen MR) is 74.5 cm³/mol. The van der Waals surface area contributed by atoms with Crippen molar-refractivity contribution in [1.82, 2.24) is 5.32 Å². The normalized spacial score (nSPS) is 28.6. The Bertz CT molecular complexity index is 644. The van der Waals surface area contributed by atoms with Crippen molar-refractivity contribution in [2.24, 2.45) is 11.1 Å². The highest BCUT2D eigenvalue weighted by Gasteiger charge is 2.42. The van der Waals surface area contributed by atoms with Gasteiger partial charge in [-0.3, -0.25) is 4.79 Å². The van der Waals surface area contributed by atoms with Gasteiger partial charge >= 0.3 is 0 Å². The van der Waals surface area contributed by atoms with Gasteiger partial charge in [-0.15, -0.1) is 0 Å². The first-order valence-corrected chi connectivity index (χ1v) is 8.18. The number of amides is 1. The molecule has 0 aliphatic carbocycles. The van der Waals surface area contributed by atoms with Crippen LogP contribution in [0.3, 0.4) is 0 Å². The second kappa shape index (κ2) is 4.83. The quantitative estimate of drug-likeness (QED) is 0.752. The lowest BCUT2D eigenvalue weighted by Gasteiger charge is -2.19. The minimum Gasteiger partial charge on any atom is -0.326 e. The van der Waals surface area contributed by atoms with Crippen molar-refractivity contribution in [3.63, 3.8) is 0 Å². The third kappa shape index (κ3) is 2.56. The van der Waals surface area contributed by atoms with E-state index in [1.54, 1.807) is 12.1 Å². The SMILES string of the molecule is NS(=O)(=O)c1cccc(NC(=O)C2CC3CCC2N3)c1. The van der Waals surface area contributed by atoms with Crippen LogP contribution in [0, 0.1) is 5.92 Å². The van der Waals surface area contributed by atoms with Crippen LogP contribution in [0.5, 0.6) is 0 Å². The van der Waals surface area contributed by atoms with Gasteiger partial charge in [-0.05, 0) is 37.5 Å². The number of anilines is 1. The first kappa shape index (κ1) is 13.5. The van der Waals surface area contributed by atoms with Crippen LogP contribution in [0.25, 0.3) is 0 Å². The van der Waals surface area contributed by atoms with E-state index in [0.29, 0.717) is 11.7 Å². The molecular weight excluding hydrogens is 278 g/mol. The summed E-state index contributed by atoms with van der Waals surface area (Å²) < 4.78 is 22.6. The van der Waals surface area contributed by atoms with Crippen molar-refractivity contribution < 1.29 is 13.2 Å². The molecule has 2 aliphatic rings. The van der Waals surface area contributed by atoms with Crippen LogP contribution in [0.1, 0.15) is 19.3 Å². The molecule has 1 aromatic rings. The second-order valence-corrected chi connectivity index (χ2v) is 7.01. The molecule has 2 aliphatic heterocycles. The van der Waals surface area contributed by atoms with Gasteiger partial charge in [0, 0.05) is 17.8 Å². The summed E-state index contributed by atoms with van der Waals surface area (Å²) >= 11 is 0. The number of benzene rings is 1. The number of fused-ring (bicyclic) bond motifs is 2. The molecule has 6 nitrogen and oxygen atoms in total. The van der Waals surface area contributed by atoms with E-state index in [4.69, 9.17) is 5.14 Å². The molecule has 0 radical (unpaired) electrons. The zero-order chi connectivity index (χ0) is 14.3. The lowest BCUT2D eigenvalue weighted by atomic mass is 9.88. The molecule has 0 saturated carbocycles. The van der Waals surface area contributed by atoms with Gasteiger partial charge in [-0.25, -0.2) is 13.6 Å². The van der Waals surface area contributed by atoms with E-state index >= 15 is 0 Å². The number of sulfonamides is 1. The largest absolute Gasteiger partial charge is 0.326 e. The Morgan fingerprint density at radius 1 is 1.35 bits per heavy atom. The zero-order valence-electron chi connectivity index (χ0n) is 10.9. The molecule has 20 heavy (non-hydrogen) atoms. The maximum Gasteiger partial charge on any atom is 0.238 e. The van der Waals surface area contributed by atoms with Crippen LogP contribution >= 0.6 is 0 Å². The number of carbonyl (C=O) groups excluding carboxylic acids is 1. The van der Waals surface area contributed by atoms with Crippen molar-refractivity contribution in [1.29, 1.82) is 0 Å². The predicted octanol–water partition coefficient (Wildman–Crippen LogP) is 0.413. The summed E-state index contributed by atoms with van der Waals surface area (Å²) in [5, 5.41) is 11.3. The van der Waals surface area contributed by atoms with Crippen LogP contribution in [-0.4, -0.2) is 26.4 Å². The van der Waals surface area contributed by atoms with E-state index in [2.05, 4.69) is 10.6 Å². The number of hydrogen-bond donors (Lipinski definition) is 3. The average molecular weight is 295 g/mol. The highest BCUT2D eigenvalue weighted by Crippen LogP contribution is 2.33. The maximum absolute atomic E-state index is 12.2. The minimum absolute atomic E-state index is 0.00127. The summed E-state index contributed by atoms with van der Waals surface area (Å²) in [6.45, 7) is 0. The van der Waals surface area contributed by atoms with E-state index in [0.717, 1.165) is 19.3 Å². The van der Waals surface area contributed by atoms with Crippen molar-refractivity contribution in [3.05, 3.63) is 24.3 Å². The number of primary sulfonamides is 1. The zero-order valence-corrected chi connectivity index (χ0v) is 11.7. The molecule has 3 unspecified atom stereocenters. The summed E-state index contributed by atoms with van der Waals surface area (Å²) in [7, 11) is -3.75. The average Bonchev–Trinajstić information content (AvgIpc) is 3.00. The fourth-order valence-electron chi connectivity index (χ4n) is 3.10. The van der Waals surface area contributed by atoms with Gasteiger partial charge in [0.15, 0.2) is 0 Å². The van der Waals surface area contributed by atoms with E-state index in [9.17, 15) is 13.2 Å². The standard InChI is InChI=1S/C13H17N3O3S/c14-20(18,19)10-3-1-2-8(6-10)16-13(17)11-7-9-4-5-12(11)15-9/h1-3,6,9,11-12,15H,4-5,7H2,(H,16,17)(H2,14,18,19). The summed E-state index contributed by atoms with van der Waals surface area (Å²) in [5.41, 5.74) is 0.462. The molecule has 1 amide bonds. The fourth-order valence-corrected chi connectivity index (χ4v) is 3.66. The Hall–Kier alpha value is -1.44. The maximum atomic E-state index is 12.2. The fraction of sp³-hybridized carbons (Fsp3) is 0.462. The summed E-state index contributed by atoms with van der Waals surface area (Å²) in [4.78, 5) is 12.2. The number of hydrogen-bond acceptors (Lipinski definition) is 4. The topological polar surface area (TPSA) is 101 Å². The third-order valence-corrected chi connectivity index (χ3v) is 4.98. The summed E-state index contributed by atoms with van der Waals surface area (Å²) in [5.74, 6) is -0.0943. The van der Waals surface area contributed by atoms with Crippen molar-refractivity contribution in [3.8, 4) is 0 Å². The molecule has 2 heterocycles. The van der Waals surface area contributed by atoms with Crippen molar-refractivity contribution >= 4 is 21.6 Å². The van der Waals surface area contributed by atoms with Crippen LogP contribution < -0.4 is 15.8 Å². The van der Waals surface area contributed by atoms with E-state index in [-0.39, 0.29) is 22.8 Å². The van der Waals surface area contributed by atoms with Gasteiger partial charge in [0.05, 0.1) is 10.8 Å². The van der Waals surface area contributed by atoms with E-state index in [1.807, 2.05) is 0 Å². The Morgan fingerprint density at radius 2 is 2.15 bits per heavy atom. The van der Waals surface area contributed by atoms with Crippen molar-refractivity contribution in [2.75, 3.05) is 5.32 Å². The van der Waals surface area contributed by atoms with Gasteiger partial charge in [-0.1, -0.05) is 6.07 Å². The lowest BCUT2D eigenvalue weighted by molar-refractivity contribution is -0.120. The first-order chi connectivity index (χ1) is 9.43. The Balaban J connectivity index is 1.73. The Labute approximate surface area is 117 Å². The van der Waals surface area contributed by atoms with Gasteiger partial charge in [0.25, 0.3) is 0 Å². The molecule has 0 spiro atoms. The van der Waals surface area contributed by atoms with Crippen molar-refractivity contribution in [2.45, 2.75) is 36.2 Å². The van der Waals surface area contributed by atoms with Crippen LogP contribution in [0.15, 0.2) is 29.2 Å². The molecule has 3 rings (SSSR count). The molecular formula is C13H17N3O3S. The highest BCUT2D eigenvalue weighted by atomic mass is 32.2. The lowest BCUT2D eigenvalue weighted by Crippen LogP contribution is -2.32. The molecule has 0 aromatic heterocycles. The molecule has 7 heteroatoms. The molecule has 3 atom stereocenters. The summed E-state index contributed by atoms with van der Waals surface area (Å²) in [6.07, 6.45) is 3.01.